The SMILES string of the molecule is CCCOc1ccc(/C=C/C(=O)c2ccc(F)cc2F)cc1OC. The van der Waals surface area contributed by atoms with Crippen LogP contribution in [0.25, 0.3) is 6.08 Å². The first kappa shape index (κ1) is 17.7. The summed E-state index contributed by atoms with van der Waals surface area (Å²) in [7, 11) is 1.53. The van der Waals surface area contributed by atoms with Crippen molar-refractivity contribution in [2.75, 3.05) is 13.7 Å². The zero-order chi connectivity index (χ0) is 17.5. The summed E-state index contributed by atoms with van der Waals surface area (Å²) in [5, 5.41) is 0. The van der Waals surface area contributed by atoms with Gasteiger partial charge in [0.2, 0.25) is 0 Å². The number of methoxy groups -OCH3 is 1. The van der Waals surface area contributed by atoms with Crippen molar-refractivity contribution in [1.82, 2.24) is 0 Å². The maximum absolute atomic E-state index is 13.6. The van der Waals surface area contributed by atoms with Gasteiger partial charge in [0.15, 0.2) is 17.3 Å². The molecule has 0 spiro atoms. The second-order valence-corrected chi connectivity index (χ2v) is 5.08. The van der Waals surface area contributed by atoms with Gasteiger partial charge in [-0.15, -0.1) is 0 Å². The van der Waals surface area contributed by atoms with E-state index in [0.29, 0.717) is 29.7 Å². The summed E-state index contributed by atoms with van der Waals surface area (Å²) in [4.78, 5) is 12.0. The number of hydrogen-bond acceptors (Lipinski definition) is 3. The van der Waals surface area contributed by atoms with Crippen LogP contribution in [0.3, 0.4) is 0 Å². The topological polar surface area (TPSA) is 35.5 Å². The van der Waals surface area contributed by atoms with E-state index in [0.717, 1.165) is 18.6 Å². The van der Waals surface area contributed by atoms with E-state index in [4.69, 9.17) is 9.47 Å². The predicted molar refractivity (Wildman–Crippen MR) is 88.5 cm³/mol. The molecule has 0 aromatic heterocycles. The van der Waals surface area contributed by atoms with E-state index in [-0.39, 0.29) is 5.56 Å². The Morgan fingerprint density at radius 1 is 1.12 bits per heavy atom. The third-order valence-electron chi connectivity index (χ3n) is 3.27. The van der Waals surface area contributed by atoms with Crippen molar-refractivity contribution in [2.45, 2.75) is 13.3 Å². The van der Waals surface area contributed by atoms with Crippen LogP contribution in [0.1, 0.15) is 29.3 Å². The van der Waals surface area contributed by atoms with Crippen LogP contribution in [0.5, 0.6) is 11.5 Å². The molecule has 24 heavy (non-hydrogen) atoms. The number of benzene rings is 2. The number of ether oxygens (including phenoxy) is 2. The molecule has 0 fully saturated rings. The van der Waals surface area contributed by atoms with E-state index < -0.39 is 17.4 Å². The fraction of sp³-hybridized carbons (Fsp3) is 0.211. The Bertz CT molecular complexity index is 754. The Balaban J connectivity index is 2.17. The summed E-state index contributed by atoms with van der Waals surface area (Å²) in [6, 6.07) is 8.09. The second kappa shape index (κ2) is 8.24. The first-order chi connectivity index (χ1) is 11.5. The van der Waals surface area contributed by atoms with E-state index in [2.05, 4.69) is 0 Å². The van der Waals surface area contributed by atoms with E-state index in [1.165, 1.54) is 19.3 Å². The molecule has 0 aliphatic heterocycles. The summed E-state index contributed by atoms with van der Waals surface area (Å²) in [6.07, 6.45) is 3.65. The molecule has 2 aromatic carbocycles. The largest absolute Gasteiger partial charge is 0.493 e. The smallest absolute Gasteiger partial charge is 0.188 e. The number of carbonyl (C=O) groups excluding carboxylic acids is 1. The van der Waals surface area contributed by atoms with Crippen molar-refractivity contribution in [1.29, 1.82) is 0 Å². The standard InChI is InChI=1S/C19H18F2O3/c1-3-10-24-18-9-5-13(11-19(18)23-2)4-8-17(22)15-7-6-14(20)12-16(15)21/h4-9,11-12H,3,10H2,1-2H3/b8-4+. The lowest BCUT2D eigenvalue weighted by atomic mass is 10.1. The van der Waals surface area contributed by atoms with Crippen LogP contribution in [0.2, 0.25) is 0 Å². The van der Waals surface area contributed by atoms with Crippen LogP contribution in [0.15, 0.2) is 42.5 Å². The molecule has 0 saturated heterocycles. The molecule has 0 aliphatic rings. The van der Waals surface area contributed by atoms with E-state index in [9.17, 15) is 13.6 Å². The highest BCUT2D eigenvalue weighted by atomic mass is 19.1. The molecule has 0 radical (unpaired) electrons. The number of rotatable bonds is 7. The average Bonchev–Trinajstić information content (AvgIpc) is 2.58. The highest BCUT2D eigenvalue weighted by Crippen LogP contribution is 2.28. The minimum absolute atomic E-state index is 0.178. The Labute approximate surface area is 139 Å². The van der Waals surface area contributed by atoms with Crippen molar-refractivity contribution in [2.24, 2.45) is 0 Å². The van der Waals surface area contributed by atoms with Crippen molar-refractivity contribution in [3.8, 4) is 11.5 Å². The number of halogens is 2. The first-order valence-electron chi connectivity index (χ1n) is 7.53. The van der Waals surface area contributed by atoms with Crippen LogP contribution >= 0.6 is 0 Å². The molecule has 0 N–H and O–H groups in total. The van der Waals surface area contributed by atoms with E-state index >= 15 is 0 Å². The predicted octanol–water partition coefficient (Wildman–Crippen LogP) is 4.66. The van der Waals surface area contributed by atoms with Crippen molar-refractivity contribution < 1.29 is 23.0 Å². The number of carbonyl (C=O) groups is 1. The number of ketones is 1. The van der Waals surface area contributed by atoms with Crippen LogP contribution in [0.4, 0.5) is 8.78 Å². The quantitative estimate of drug-likeness (QED) is 0.546. The average molecular weight is 332 g/mol. The van der Waals surface area contributed by atoms with Gasteiger partial charge in [-0.2, -0.15) is 0 Å². The summed E-state index contributed by atoms with van der Waals surface area (Å²) >= 11 is 0. The lowest BCUT2D eigenvalue weighted by Crippen LogP contribution is -1.99. The third-order valence-corrected chi connectivity index (χ3v) is 3.27. The molecule has 0 aliphatic carbocycles. The monoisotopic (exact) mass is 332 g/mol. The van der Waals surface area contributed by atoms with Gasteiger partial charge in [0.25, 0.3) is 0 Å². The fourth-order valence-corrected chi connectivity index (χ4v) is 2.07. The second-order valence-electron chi connectivity index (χ2n) is 5.08. The molecular formula is C19H18F2O3. The molecule has 0 unspecified atom stereocenters. The zero-order valence-corrected chi connectivity index (χ0v) is 13.5. The molecule has 0 heterocycles. The van der Waals surface area contributed by atoms with Gasteiger partial charge >= 0.3 is 0 Å². The first-order valence-corrected chi connectivity index (χ1v) is 7.53. The summed E-state index contributed by atoms with van der Waals surface area (Å²) < 4.78 is 37.3. The highest BCUT2D eigenvalue weighted by molar-refractivity contribution is 6.07. The molecule has 2 rings (SSSR count). The van der Waals surface area contributed by atoms with Crippen molar-refractivity contribution in [3.05, 3.63) is 65.2 Å². The Hall–Kier alpha value is -2.69. The van der Waals surface area contributed by atoms with Crippen LogP contribution in [-0.4, -0.2) is 19.5 Å². The summed E-state index contributed by atoms with van der Waals surface area (Å²) in [6.45, 7) is 2.58. The molecule has 3 nitrogen and oxygen atoms in total. The normalized spacial score (nSPS) is 10.8. The highest BCUT2D eigenvalue weighted by Gasteiger charge is 2.10. The Morgan fingerprint density at radius 2 is 1.92 bits per heavy atom. The van der Waals surface area contributed by atoms with E-state index in [1.54, 1.807) is 18.2 Å². The summed E-state index contributed by atoms with van der Waals surface area (Å²) in [5.41, 5.74) is 0.522. The maximum atomic E-state index is 13.6. The van der Waals surface area contributed by atoms with Gasteiger partial charge in [-0.05, 0) is 42.3 Å². The van der Waals surface area contributed by atoms with Crippen molar-refractivity contribution >= 4 is 11.9 Å². The van der Waals surface area contributed by atoms with E-state index in [1.807, 2.05) is 6.92 Å². The fourth-order valence-electron chi connectivity index (χ4n) is 2.07. The van der Waals surface area contributed by atoms with Gasteiger partial charge in [0, 0.05) is 6.07 Å². The Morgan fingerprint density at radius 3 is 2.58 bits per heavy atom. The van der Waals surface area contributed by atoms with Gasteiger partial charge in [0.1, 0.15) is 11.6 Å². The Kier molecular flexibility index (Phi) is 6.07. The molecule has 5 heteroatoms. The minimum atomic E-state index is -0.884. The van der Waals surface area contributed by atoms with Crippen molar-refractivity contribution in [3.63, 3.8) is 0 Å². The molecule has 0 bridgehead atoms. The molecule has 2 aromatic rings. The number of hydrogen-bond donors (Lipinski definition) is 0. The third kappa shape index (κ3) is 4.41. The van der Waals surface area contributed by atoms with Gasteiger partial charge in [-0.25, -0.2) is 8.78 Å². The minimum Gasteiger partial charge on any atom is -0.493 e. The van der Waals surface area contributed by atoms with Gasteiger partial charge in [0.05, 0.1) is 19.3 Å². The lowest BCUT2D eigenvalue weighted by Gasteiger charge is -2.10. The van der Waals surface area contributed by atoms with Crippen LogP contribution in [-0.2, 0) is 0 Å². The number of allylic oxidation sites excluding steroid dienone is 1. The van der Waals surface area contributed by atoms with Crippen LogP contribution < -0.4 is 9.47 Å². The van der Waals surface area contributed by atoms with Gasteiger partial charge in [-0.3, -0.25) is 4.79 Å². The summed E-state index contributed by atoms with van der Waals surface area (Å²) in [5.74, 6) is -0.984. The molecule has 0 saturated carbocycles. The molecule has 126 valence electrons. The molecule has 0 amide bonds. The van der Waals surface area contributed by atoms with Gasteiger partial charge < -0.3 is 9.47 Å². The van der Waals surface area contributed by atoms with Crippen LogP contribution in [0, 0.1) is 11.6 Å². The molecular weight excluding hydrogens is 314 g/mol. The van der Waals surface area contributed by atoms with Gasteiger partial charge in [-0.1, -0.05) is 19.1 Å². The zero-order valence-electron chi connectivity index (χ0n) is 13.5. The molecule has 0 atom stereocenters. The maximum Gasteiger partial charge on any atom is 0.188 e. The lowest BCUT2D eigenvalue weighted by molar-refractivity contribution is 0.104.